The lowest BCUT2D eigenvalue weighted by Crippen LogP contribution is -2.24. The molecule has 0 saturated heterocycles. The number of fused-ring (bicyclic) bond motifs is 1. The van der Waals surface area contributed by atoms with E-state index < -0.39 is 0 Å². The fraction of sp³-hybridized carbons (Fsp3) is 0.208. The van der Waals surface area contributed by atoms with Gasteiger partial charge in [0.15, 0.2) is 5.78 Å². The van der Waals surface area contributed by atoms with Crippen LogP contribution < -0.4 is 5.56 Å². The molecule has 0 radical (unpaired) electrons. The van der Waals surface area contributed by atoms with Crippen molar-refractivity contribution in [2.24, 2.45) is 0 Å². The van der Waals surface area contributed by atoms with E-state index in [9.17, 15) is 14.0 Å². The number of carbonyl (C=O) groups excluding carboxylic acids is 1. The molecule has 0 spiro atoms. The summed E-state index contributed by atoms with van der Waals surface area (Å²) < 4.78 is 15.0. The van der Waals surface area contributed by atoms with E-state index in [1.807, 2.05) is 24.3 Å². The van der Waals surface area contributed by atoms with E-state index in [-0.39, 0.29) is 23.2 Å². The highest BCUT2D eigenvalue weighted by Gasteiger charge is 2.29. The highest BCUT2D eigenvalue weighted by Crippen LogP contribution is 2.37. The van der Waals surface area contributed by atoms with Crippen molar-refractivity contribution in [2.45, 2.75) is 31.7 Å². The maximum Gasteiger partial charge on any atom is 0.262 e. The Morgan fingerprint density at radius 3 is 2.53 bits per heavy atom. The Bertz CT molecular complexity index is 1290. The van der Waals surface area contributed by atoms with Crippen LogP contribution in [0, 0.1) is 5.82 Å². The summed E-state index contributed by atoms with van der Waals surface area (Å²) >= 11 is 1.42. The summed E-state index contributed by atoms with van der Waals surface area (Å²) in [5, 5.41) is 0.587. The van der Waals surface area contributed by atoms with Gasteiger partial charge in [-0.25, -0.2) is 9.37 Å². The predicted octanol–water partition coefficient (Wildman–Crippen LogP) is 5.41. The summed E-state index contributed by atoms with van der Waals surface area (Å²) in [6.07, 6.45) is 2.66. The average molecular weight is 418 g/mol. The summed E-state index contributed by atoms with van der Waals surface area (Å²) in [5.74, 6) is 0.428. The molecular weight excluding hydrogens is 399 g/mol. The van der Waals surface area contributed by atoms with Crippen molar-refractivity contribution in [3.05, 3.63) is 88.2 Å². The second kappa shape index (κ2) is 7.61. The largest absolute Gasteiger partial charge is 0.294 e. The summed E-state index contributed by atoms with van der Waals surface area (Å²) in [6.45, 7) is 0. The van der Waals surface area contributed by atoms with Gasteiger partial charge in [0.2, 0.25) is 0 Å². The molecule has 30 heavy (non-hydrogen) atoms. The van der Waals surface area contributed by atoms with Gasteiger partial charge in [-0.1, -0.05) is 42.5 Å². The average Bonchev–Trinajstić information content (AvgIpc) is 3.51. The molecule has 0 aliphatic heterocycles. The molecule has 4 aromatic rings. The lowest BCUT2D eigenvalue weighted by atomic mass is 10.1. The number of ketones is 1. The van der Waals surface area contributed by atoms with E-state index >= 15 is 0 Å². The first-order valence-electron chi connectivity index (χ1n) is 9.99. The van der Waals surface area contributed by atoms with Crippen LogP contribution >= 0.6 is 11.3 Å². The van der Waals surface area contributed by atoms with Crippen LogP contribution in [-0.2, 0) is 6.42 Å². The molecule has 1 aliphatic rings. The first-order valence-corrected chi connectivity index (χ1v) is 10.8. The molecule has 0 bridgehead atoms. The van der Waals surface area contributed by atoms with Crippen molar-refractivity contribution in [3.63, 3.8) is 0 Å². The summed E-state index contributed by atoms with van der Waals surface area (Å²) in [4.78, 5) is 32.1. The standard InChI is InChI=1S/C24H19FN2O2S/c25-17-8-6-16(7-9-17)21-14-19-23(30-21)26-22(27(24(19)29)18-10-11-18)13-12-20(28)15-4-2-1-3-5-15/h1-9,14,18H,10-13H2. The van der Waals surface area contributed by atoms with Crippen molar-refractivity contribution in [3.8, 4) is 10.4 Å². The summed E-state index contributed by atoms with van der Waals surface area (Å²) in [5.41, 5.74) is 1.49. The van der Waals surface area contributed by atoms with Gasteiger partial charge in [0.1, 0.15) is 16.5 Å². The van der Waals surface area contributed by atoms with Crippen molar-refractivity contribution < 1.29 is 9.18 Å². The Labute approximate surface area is 176 Å². The highest BCUT2D eigenvalue weighted by atomic mass is 32.1. The van der Waals surface area contributed by atoms with Gasteiger partial charge in [0.05, 0.1) is 5.39 Å². The topological polar surface area (TPSA) is 52.0 Å². The van der Waals surface area contributed by atoms with Gasteiger partial charge in [0, 0.05) is 29.3 Å². The molecule has 150 valence electrons. The van der Waals surface area contributed by atoms with E-state index in [4.69, 9.17) is 4.98 Å². The summed E-state index contributed by atoms with van der Waals surface area (Å²) in [6, 6.07) is 17.4. The third-order valence-corrected chi connectivity index (χ3v) is 6.46. The first kappa shape index (κ1) is 18.9. The molecule has 1 fully saturated rings. The van der Waals surface area contributed by atoms with Gasteiger partial charge in [-0.3, -0.25) is 14.2 Å². The van der Waals surface area contributed by atoms with Gasteiger partial charge in [-0.2, -0.15) is 0 Å². The van der Waals surface area contributed by atoms with E-state index in [0.717, 1.165) is 23.3 Å². The van der Waals surface area contributed by atoms with Crippen LogP contribution in [0.1, 0.15) is 41.5 Å². The SMILES string of the molecule is O=C(CCc1nc2sc(-c3ccc(F)cc3)cc2c(=O)n1C1CC1)c1ccccc1. The number of Topliss-reactive ketones (excluding diaryl/α,β-unsaturated/α-hetero) is 1. The zero-order valence-electron chi connectivity index (χ0n) is 16.2. The van der Waals surface area contributed by atoms with Crippen molar-refractivity contribution in [2.75, 3.05) is 0 Å². The Kier molecular flexibility index (Phi) is 4.79. The fourth-order valence-corrected chi connectivity index (χ4v) is 4.72. The van der Waals surface area contributed by atoms with Crippen LogP contribution in [0.25, 0.3) is 20.7 Å². The van der Waals surface area contributed by atoms with Crippen molar-refractivity contribution in [1.29, 1.82) is 0 Å². The molecule has 1 aliphatic carbocycles. The molecular formula is C24H19FN2O2S. The third-order valence-electron chi connectivity index (χ3n) is 5.38. The Balaban J connectivity index is 1.51. The van der Waals surface area contributed by atoms with Crippen LogP contribution in [0.5, 0.6) is 0 Å². The molecule has 0 atom stereocenters. The number of hydrogen-bond donors (Lipinski definition) is 0. The minimum atomic E-state index is -0.292. The predicted molar refractivity (Wildman–Crippen MR) is 117 cm³/mol. The monoisotopic (exact) mass is 418 g/mol. The molecule has 0 amide bonds. The second-order valence-electron chi connectivity index (χ2n) is 7.56. The first-order chi connectivity index (χ1) is 14.6. The lowest BCUT2D eigenvalue weighted by Gasteiger charge is -2.11. The van der Waals surface area contributed by atoms with E-state index in [0.29, 0.717) is 34.4 Å². The Morgan fingerprint density at radius 1 is 1.10 bits per heavy atom. The molecule has 2 aromatic carbocycles. The smallest absolute Gasteiger partial charge is 0.262 e. The number of nitrogens with zero attached hydrogens (tertiary/aromatic N) is 2. The number of aryl methyl sites for hydroxylation is 1. The quantitative estimate of drug-likeness (QED) is 0.393. The van der Waals surface area contributed by atoms with Gasteiger partial charge in [0.25, 0.3) is 5.56 Å². The maximum atomic E-state index is 13.3. The minimum Gasteiger partial charge on any atom is -0.294 e. The van der Waals surface area contributed by atoms with Crippen LogP contribution in [-0.4, -0.2) is 15.3 Å². The number of halogens is 1. The molecule has 4 nitrogen and oxygen atoms in total. The number of carbonyl (C=O) groups is 1. The van der Waals surface area contributed by atoms with Crippen LogP contribution in [0.3, 0.4) is 0 Å². The summed E-state index contributed by atoms with van der Waals surface area (Å²) in [7, 11) is 0. The zero-order chi connectivity index (χ0) is 20.7. The molecule has 0 unspecified atom stereocenters. The lowest BCUT2D eigenvalue weighted by molar-refractivity contribution is 0.0981. The number of hydrogen-bond acceptors (Lipinski definition) is 4. The molecule has 1 saturated carbocycles. The van der Waals surface area contributed by atoms with Crippen LogP contribution in [0.15, 0.2) is 65.5 Å². The van der Waals surface area contributed by atoms with Crippen LogP contribution in [0.2, 0.25) is 0 Å². The minimum absolute atomic E-state index is 0.0467. The van der Waals surface area contributed by atoms with E-state index in [2.05, 4.69) is 0 Å². The van der Waals surface area contributed by atoms with Gasteiger partial charge < -0.3 is 0 Å². The van der Waals surface area contributed by atoms with Gasteiger partial charge >= 0.3 is 0 Å². The number of benzene rings is 2. The van der Waals surface area contributed by atoms with Gasteiger partial charge in [-0.05, 0) is 36.6 Å². The Hall–Kier alpha value is -3.12. The van der Waals surface area contributed by atoms with Crippen molar-refractivity contribution in [1.82, 2.24) is 9.55 Å². The van der Waals surface area contributed by atoms with E-state index in [1.54, 1.807) is 28.8 Å². The second-order valence-corrected chi connectivity index (χ2v) is 8.59. The van der Waals surface area contributed by atoms with Gasteiger partial charge in [-0.15, -0.1) is 11.3 Å². The number of thiophene rings is 1. The molecule has 2 heterocycles. The zero-order valence-corrected chi connectivity index (χ0v) is 17.0. The van der Waals surface area contributed by atoms with Crippen molar-refractivity contribution >= 4 is 27.3 Å². The van der Waals surface area contributed by atoms with Crippen LogP contribution in [0.4, 0.5) is 4.39 Å². The normalized spacial score (nSPS) is 13.6. The number of rotatable bonds is 6. The maximum absolute atomic E-state index is 13.3. The molecule has 0 N–H and O–H groups in total. The van der Waals surface area contributed by atoms with E-state index in [1.165, 1.54) is 23.5 Å². The molecule has 2 aromatic heterocycles. The molecule has 5 rings (SSSR count). The highest BCUT2D eigenvalue weighted by molar-refractivity contribution is 7.21. The fourth-order valence-electron chi connectivity index (χ4n) is 3.67. The third kappa shape index (κ3) is 3.59. The Morgan fingerprint density at radius 2 is 1.83 bits per heavy atom. The molecule has 6 heteroatoms. The number of aromatic nitrogens is 2.